The van der Waals surface area contributed by atoms with Gasteiger partial charge in [-0.15, -0.1) is 0 Å². The van der Waals surface area contributed by atoms with Gasteiger partial charge in [0.2, 0.25) is 0 Å². The number of hydrogen-bond donors (Lipinski definition) is 1. The van der Waals surface area contributed by atoms with Gasteiger partial charge in [-0.2, -0.15) is 15.3 Å². The Morgan fingerprint density at radius 2 is 2.42 bits per heavy atom. The number of aromatic amines is 1. The first-order valence-corrected chi connectivity index (χ1v) is 6.59. The van der Waals surface area contributed by atoms with Gasteiger partial charge < -0.3 is 4.52 Å². The molecule has 0 radical (unpaired) electrons. The molecule has 0 aliphatic heterocycles. The molecule has 1 saturated carbocycles. The van der Waals surface area contributed by atoms with Crippen molar-refractivity contribution in [3.8, 4) is 17.5 Å². The first-order valence-electron chi connectivity index (χ1n) is 6.59. The first kappa shape index (κ1) is 11.9. The molecule has 1 aliphatic carbocycles. The van der Waals surface area contributed by atoms with Gasteiger partial charge in [0.1, 0.15) is 11.8 Å². The van der Waals surface area contributed by atoms with E-state index in [2.05, 4.69) is 27.3 Å². The molecule has 98 valence electrons. The van der Waals surface area contributed by atoms with Gasteiger partial charge in [-0.3, -0.25) is 5.10 Å². The fourth-order valence-corrected chi connectivity index (χ4v) is 2.72. The van der Waals surface area contributed by atoms with Crippen LogP contribution in [-0.2, 0) is 0 Å². The molecule has 2 heterocycles. The zero-order chi connectivity index (χ0) is 13.2. The average Bonchev–Trinajstić information content (AvgIpc) is 3.16. The van der Waals surface area contributed by atoms with Gasteiger partial charge in [-0.25, -0.2) is 0 Å². The van der Waals surface area contributed by atoms with Gasteiger partial charge in [0.25, 0.3) is 5.89 Å². The van der Waals surface area contributed by atoms with Crippen LogP contribution in [0.2, 0.25) is 0 Å². The normalized spacial score (nSPS) is 22.5. The molecule has 2 aromatic heterocycles. The molecular formula is C13H15N5O. The van der Waals surface area contributed by atoms with Crippen molar-refractivity contribution in [3.63, 3.8) is 0 Å². The molecule has 2 aromatic rings. The minimum atomic E-state index is 0.355. The standard InChI is InChI=1S/C13H15N5O/c1-2-8-3-4-9(5-8)12-16-13(19-18-12)10-7-15-17-11(10)6-14/h7-9H,2-5H2,1H3,(H,15,17). The molecule has 1 N–H and O–H groups in total. The summed E-state index contributed by atoms with van der Waals surface area (Å²) >= 11 is 0. The Morgan fingerprint density at radius 3 is 3.16 bits per heavy atom. The molecule has 3 rings (SSSR count). The quantitative estimate of drug-likeness (QED) is 0.912. The highest BCUT2D eigenvalue weighted by molar-refractivity contribution is 5.59. The molecule has 0 bridgehead atoms. The number of rotatable bonds is 3. The molecule has 1 fully saturated rings. The van der Waals surface area contributed by atoms with Crippen LogP contribution < -0.4 is 0 Å². The summed E-state index contributed by atoms with van der Waals surface area (Å²) in [6, 6.07) is 2.02. The van der Waals surface area contributed by atoms with E-state index in [0.29, 0.717) is 23.1 Å². The Labute approximate surface area is 110 Å². The summed E-state index contributed by atoms with van der Waals surface area (Å²) in [7, 11) is 0. The van der Waals surface area contributed by atoms with Gasteiger partial charge in [-0.05, 0) is 25.2 Å². The Balaban J connectivity index is 1.83. The third-order valence-electron chi connectivity index (χ3n) is 3.91. The van der Waals surface area contributed by atoms with Crippen LogP contribution in [0.15, 0.2) is 10.7 Å². The Bertz CT molecular complexity index is 609. The second-order valence-electron chi connectivity index (χ2n) is 5.01. The van der Waals surface area contributed by atoms with E-state index in [1.165, 1.54) is 12.8 Å². The molecule has 6 heteroatoms. The maximum absolute atomic E-state index is 8.94. The Kier molecular flexibility index (Phi) is 3.03. The van der Waals surface area contributed by atoms with E-state index in [1.54, 1.807) is 6.20 Å². The molecule has 2 atom stereocenters. The van der Waals surface area contributed by atoms with Crippen LogP contribution in [0.3, 0.4) is 0 Å². The highest BCUT2D eigenvalue weighted by Crippen LogP contribution is 2.38. The molecule has 19 heavy (non-hydrogen) atoms. The fraction of sp³-hybridized carbons (Fsp3) is 0.538. The third-order valence-corrected chi connectivity index (χ3v) is 3.91. The van der Waals surface area contributed by atoms with Crippen molar-refractivity contribution >= 4 is 0 Å². The van der Waals surface area contributed by atoms with Crippen LogP contribution >= 0.6 is 0 Å². The molecule has 6 nitrogen and oxygen atoms in total. The Morgan fingerprint density at radius 1 is 1.53 bits per heavy atom. The number of hydrogen-bond acceptors (Lipinski definition) is 5. The molecule has 0 aromatic carbocycles. The minimum absolute atomic E-state index is 0.355. The van der Waals surface area contributed by atoms with Gasteiger partial charge >= 0.3 is 0 Å². The van der Waals surface area contributed by atoms with E-state index in [1.807, 2.05) is 6.07 Å². The summed E-state index contributed by atoms with van der Waals surface area (Å²) in [6.45, 7) is 2.22. The summed E-state index contributed by atoms with van der Waals surface area (Å²) in [6.07, 6.45) is 6.24. The Hall–Kier alpha value is -2.16. The van der Waals surface area contributed by atoms with Crippen molar-refractivity contribution in [1.82, 2.24) is 20.3 Å². The highest BCUT2D eigenvalue weighted by Gasteiger charge is 2.28. The summed E-state index contributed by atoms with van der Waals surface area (Å²) in [5, 5.41) is 19.4. The maximum atomic E-state index is 8.94. The largest absolute Gasteiger partial charge is 0.334 e. The lowest BCUT2D eigenvalue weighted by atomic mass is 10.0. The van der Waals surface area contributed by atoms with Crippen molar-refractivity contribution in [1.29, 1.82) is 5.26 Å². The van der Waals surface area contributed by atoms with Crippen molar-refractivity contribution < 1.29 is 4.52 Å². The lowest BCUT2D eigenvalue weighted by Gasteiger charge is -2.04. The van der Waals surface area contributed by atoms with Gasteiger partial charge in [0, 0.05) is 5.92 Å². The molecule has 0 amide bonds. The van der Waals surface area contributed by atoms with Crippen LogP contribution in [0, 0.1) is 17.2 Å². The van der Waals surface area contributed by atoms with Crippen molar-refractivity contribution in [2.24, 2.45) is 5.92 Å². The number of H-pyrrole nitrogens is 1. The molecule has 2 unspecified atom stereocenters. The monoisotopic (exact) mass is 257 g/mol. The predicted molar refractivity (Wildman–Crippen MR) is 67.0 cm³/mol. The van der Waals surface area contributed by atoms with E-state index < -0.39 is 0 Å². The van der Waals surface area contributed by atoms with Crippen molar-refractivity contribution in [2.45, 2.75) is 38.5 Å². The van der Waals surface area contributed by atoms with Crippen molar-refractivity contribution in [3.05, 3.63) is 17.7 Å². The van der Waals surface area contributed by atoms with Crippen LogP contribution in [0.25, 0.3) is 11.5 Å². The number of nitriles is 1. The van der Waals surface area contributed by atoms with E-state index >= 15 is 0 Å². The smallest absolute Gasteiger partial charge is 0.262 e. The second kappa shape index (κ2) is 4.84. The fourth-order valence-electron chi connectivity index (χ4n) is 2.72. The van der Waals surface area contributed by atoms with Gasteiger partial charge in [0.15, 0.2) is 5.82 Å². The first-order chi connectivity index (χ1) is 9.31. The van der Waals surface area contributed by atoms with E-state index in [9.17, 15) is 0 Å². The SMILES string of the molecule is CCC1CCC(c2noc(-c3cn[nH]c3C#N)n2)C1. The summed E-state index contributed by atoms with van der Waals surface area (Å²) in [5.74, 6) is 2.30. The minimum Gasteiger partial charge on any atom is -0.334 e. The van der Waals surface area contributed by atoms with Crippen LogP contribution in [0.1, 0.15) is 50.0 Å². The maximum Gasteiger partial charge on any atom is 0.262 e. The molecule has 0 saturated heterocycles. The third kappa shape index (κ3) is 2.12. The van der Waals surface area contributed by atoms with Crippen molar-refractivity contribution in [2.75, 3.05) is 0 Å². The topological polar surface area (TPSA) is 91.4 Å². The number of nitrogens with one attached hydrogen (secondary N) is 1. The van der Waals surface area contributed by atoms with E-state index in [0.717, 1.165) is 24.6 Å². The van der Waals surface area contributed by atoms with Gasteiger partial charge in [0.05, 0.1) is 11.8 Å². The lowest BCUT2D eigenvalue weighted by Crippen LogP contribution is -1.97. The number of nitrogens with zero attached hydrogens (tertiary/aromatic N) is 4. The lowest BCUT2D eigenvalue weighted by molar-refractivity contribution is 0.413. The molecule has 1 aliphatic rings. The summed E-state index contributed by atoms with van der Waals surface area (Å²) in [4.78, 5) is 4.42. The zero-order valence-electron chi connectivity index (χ0n) is 10.8. The highest BCUT2D eigenvalue weighted by atomic mass is 16.5. The van der Waals surface area contributed by atoms with Gasteiger partial charge in [-0.1, -0.05) is 18.5 Å². The van der Waals surface area contributed by atoms with Crippen LogP contribution in [-0.4, -0.2) is 20.3 Å². The van der Waals surface area contributed by atoms with E-state index in [-0.39, 0.29) is 0 Å². The predicted octanol–water partition coefficient (Wildman–Crippen LogP) is 2.63. The average molecular weight is 257 g/mol. The second-order valence-corrected chi connectivity index (χ2v) is 5.01. The molecular weight excluding hydrogens is 242 g/mol. The number of aromatic nitrogens is 4. The van der Waals surface area contributed by atoms with Crippen LogP contribution in [0.5, 0.6) is 0 Å². The summed E-state index contributed by atoms with van der Waals surface area (Å²) in [5.41, 5.74) is 0.930. The zero-order valence-corrected chi connectivity index (χ0v) is 10.8. The van der Waals surface area contributed by atoms with E-state index in [4.69, 9.17) is 9.78 Å². The summed E-state index contributed by atoms with van der Waals surface area (Å²) < 4.78 is 5.26. The molecule has 0 spiro atoms. The van der Waals surface area contributed by atoms with Crippen LogP contribution in [0.4, 0.5) is 0 Å².